The molecule has 1 saturated heterocycles. The molecule has 1 saturated carbocycles. The topological polar surface area (TPSA) is 9.23 Å². The molecule has 1 nitrogen and oxygen atoms in total. The molecule has 0 aromatic carbocycles. The minimum atomic E-state index is 0.568. The second-order valence-corrected chi connectivity index (χ2v) is 4.74. The Kier molecular flexibility index (Phi) is 2.16. The highest BCUT2D eigenvalue weighted by molar-refractivity contribution is 4.96. The Bertz CT molecular complexity index is 164. The van der Waals surface area contributed by atoms with E-state index in [1.165, 1.54) is 32.1 Å². The number of hydrogen-bond acceptors (Lipinski definition) is 1. The van der Waals surface area contributed by atoms with Crippen molar-refractivity contribution in [3.8, 4) is 0 Å². The molecule has 1 heterocycles. The number of rotatable bonds is 1. The van der Waals surface area contributed by atoms with Crippen LogP contribution in [0.15, 0.2) is 0 Å². The lowest BCUT2D eigenvalue weighted by molar-refractivity contribution is -0.00863. The Morgan fingerprint density at radius 2 is 2.08 bits per heavy atom. The van der Waals surface area contributed by atoms with E-state index in [1.54, 1.807) is 0 Å². The van der Waals surface area contributed by atoms with Crippen LogP contribution in [0.25, 0.3) is 0 Å². The van der Waals surface area contributed by atoms with Crippen molar-refractivity contribution in [1.29, 1.82) is 0 Å². The molecule has 2 atom stereocenters. The van der Waals surface area contributed by atoms with E-state index in [0.29, 0.717) is 11.5 Å². The molecule has 70 valence electrons. The van der Waals surface area contributed by atoms with Crippen LogP contribution in [-0.4, -0.2) is 12.7 Å². The summed E-state index contributed by atoms with van der Waals surface area (Å²) in [5.41, 5.74) is 0.568. The maximum Gasteiger partial charge on any atom is 0.0634 e. The van der Waals surface area contributed by atoms with Crippen molar-refractivity contribution in [2.75, 3.05) is 6.61 Å². The normalized spacial score (nSPS) is 41.8. The van der Waals surface area contributed by atoms with Crippen LogP contribution >= 0.6 is 0 Å². The molecule has 0 N–H and O–H groups in total. The third-order valence-corrected chi connectivity index (χ3v) is 4.04. The van der Waals surface area contributed by atoms with Crippen LogP contribution in [0.4, 0.5) is 0 Å². The molecule has 0 spiro atoms. The van der Waals surface area contributed by atoms with Gasteiger partial charge in [0.25, 0.3) is 0 Å². The standard InChI is InChI=1S/C11H20O/c1-9(2)11-6-4-3-5-10(11)12-8-7-11/h9-10H,3-8H2,1-2H3. The van der Waals surface area contributed by atoms with E-state index in [2.05, 4.69) is 13.8 Å². The van der Waals surface area contributed by atoms with Crippen LogP contribution < -0.4 is 0 Å². The van der Waals surface area contributed by atoms with Gasteiger partial charge in [0, 0.05) is 12.0 Å². The van der Waals surface area contributed by atoms with Crippen molar-refractivity contribution in [3.63, 3.8) is 0 Å². The maximum absolute atomic E-state index is 5.82. The highest BCUT2D eigenvalue weighted by Crippen LogP contribution is 2.50. The minimum Gasteiger partial charge on any atom is -0.378 e. The van der Waals surface area contributed by atoms with E-state index >= 15 is 0 Å². The van der Waals surface area contributed by atoms with Gasteiger partial charge in [-0.15, -0.1) is 0 Å². The summed E-state index contributed by atoms with van der Waals surface area (Å²) in [7, 11) is 0. The van der Waals surface area contributed by atoms with E-state index < -0.39 is 0 Å². The van der Waals surface area contributed by atoms with E-state index in [1.807, 2.05) is 0 Å². The Balaban J connectivity index is 2.17. The number of ether oxygens (including phenoxy) is 1. The average Bonchev–Trinajstić information content (AvgIpc) is 2.48. The van der Waals surface area contributed by atoms with Crippen LogP contribution in [0.5, 0.6) is 0 Å². The fraction of sp³-hybridized carbons (Fsp3) is 1.00. The van der Waals surface area contributed by atoms with Gasteiger partial charge in [-0.3, -0.25) is 0 Å². The van der Waals surface area contributed by atoms with Gasteiger partial charge in [-0.2, -0.15) is 0 Å². The lowest BCUT2D eigenvalue weighted by Crippen LogP contribution is -2.38. The summed E-state index contributed by atoms with van der Waals surface area (Å²) < 4.78 is 5.82. The van der Waals surface area contributed by atoms with Crippen molar-refractivity contribution in [1.82, 2.24) is 0 Å². The minimum absolute atomic E-state index is 0.568. The first-order valence-corrected chi connectivity index (χ1v) is 5.37. The molecule has 2 fully saturated rings. The van der Waals surface area contributed by atoms with Gasteiger partial charge >= 0.3 is 0 Å². The Hall–Kier alpha value is -0.0400. The van der Waals surface area contributed by atoms with Crippen LogP contribution in [0.3, 0.4) is 0 Å². The van der Waals surface area contributed by atoms with Gasteiger partial charge in [-0.1, -0.05) is 26.7 Å². The molecule has 1 aliphatic heterocycles. The number of hydrogen-bond donors (Lipinski definition) is 0. The number of fused-ring (bicyclic) bond motifs is 1. The Labute approximate surface area is 75.5 Å². The molecule has 0 aromatic heterocycles. The van der Waals surface area contributed by atoms with Gasteiger partial charge in [0.05, 0.1) is 6.10 Å². The largest absolute Gasteiger partial charge is 0.378 e. The first-order valence-electron chi connectivity index (χ1n) is 5.37. The van der Waals surface area contributed by atoms with E-state index in [4.69, 9.17) is 4.74 Å². The van der Waals surface area contributed by atoms with E-state index in [9.17, 15) is 0 Å². The molecule has 0 radical (unpaired) electrons. The molecule has 2 unspecified atom stereocenters. The molecule has 1 heteroatoms. The Morgan fingerprint density at radius 3 is 2.75 bits per heavy atom. The van der Waals surface area contributed by atoms with Gasteiger partial charge in [-0.25, -0.2) is 0 Å². The fourth-order valence-corrected chi connectivity index (χ4v) is 3.11. The van der Waals surface area contributed by atoms with E-state index in [0.717, 1.165) is 12.5 Å². The zero-order valence-electron chi connectivity index (χ0n) is 8.31. The summed E-state index contributed by atoms with van der Waals surface area (Å²) in [6.07, 6.45) is 7.46. The highest BCUT2D eigenvalue weighted by Gasteiger charge is 2.47. The smallest absolute Gasteiger partial charge is 0.0634 e. The molecule has 2 rings (SSSR count). The summed E-state index contributed by atoms with van der Waals surface area (Å²) in [6.45, 7) is 5.75. The van der Waals surface area contributed by atoms with Crippen molar-refractivity contribution < 1.29 is 4.74 Å². The lowest BCUT2D eigenvalue weighted by atomic mass is 9.65. The summed E-state index contributed by atoms with van der Waals surface area (Å²) in [5.74, 6) is 0.810. The SMILES string of the molecule is CC(C)C12CCCCC1OCC2. The van der Waals surface area contributed by atoms with Crippen molar-refractivity contribution >= 4 is 0 Å². The van der Waals surface area contributed by atoms with Crippen molar-refractivity contribution in [3.05, 3.63) is 0 Å². The third-order valence-electron chi connectivity index (χ3n) is 4.04. The van der Waals surface area contributed by atoms with Crippen LogP contribution in [0, 0.1) is 11.3 Å². The average molecular weight is 168 g/mol. The third kappa shape index (κ3) is 1.10. The van der Waals surface area contributed by atoms with Gasteiger partial charge in [0.15, 0.2) is 0 Å². The summed E-state index contributed by atoms with van der Waals surface area (Å²) >= 11 is 0. The van der Waals surface area contributed by atoms with Gasteiger partial charge in [-0.05, 0) is 25.2 Å². The molecule has 0 aromatic rings. The maximum atomic E-state index is 5.82. The van der Waals surface area contributed by atoms with E-state index in [-0.39, 0.29) is 0 Å². The predicted molar refractivity (Wildman–Crippen MR) is 50.1 cm³/mol. The molecular weight excluding hydrogens is 148 g/mol. The zero-order chi connectivity index (χ0) is 8.60. The fourth-order valence-electron chi connectivity index (χ4n) is 3.11. The highest BCUT2D eigenvalue weighted by atomic mass is 16.5. The second kappa shape index (κ2) is 3.02. The molecular formula is C11H20O. The molecule has 0 bridgehead atoms. The van der Waals surface area contributed by atoms with Gasteiger partial charge in [0.2, 0.25) is 0 Å². The Morgan fingerprint density at radius 1 is 1.25 bits per heavy atom. The zero-order valence-corrected chi connectivity index (χ0v) is 8.31. The first-order chi connectivity index (χ1) is 5.76. The molecule has 2 aliphatic rings. The summed E-state index contributed by atoms with van der Waals surface area (Å²) in [4.78, 5) is 0. The van der Waals surface area contributed by atoms with Crippen molar-refractivity contribution in [2.45, 2.75) is 52.1 Å². The van der Waals surface area contributed by atoms with Crippen LogP contribution in [0.2, 0.25) is 0 Å². The molecule has 0 amide bonds. The van der Waals surface area contributed by atoms with Crippen LogP contribution in [0.1, 0.15) is 46.0 Å². The van der Waals surface area contributed by atoms with Crippen LogP contribution in [-0.2, 0) is 4.74 Å². The van der Waals surface area contributed by atoms with Crippen molar-refractivity contribution in [2.24, 2.45) is 11.3 Å². The molecule has 1 aliphatic carbocycles. The quantitative estimate of drug-likeness (QED) is 0.585. The monoisotopic (exact) mass is 168 g/mol. The van der Waals surface area contributed by atoms with Gasteiger partial charge in [0.1, 0.15) is 0 Å². The first kappa shape index (κ1) is 8.55. The lowest BCUT2D eigenvalue weighted by Gasteiger charge is -2.41. The predicted octanol–water partition coefficient (Wildman–Crippen LogP) is 2.99. The van der Waals surface area contributed by atoms with Gasteiger partial charge < -0.3 is 4.74 Å². The summed E-state index contributed by atoms with van der Waals surface area (Å²) in [6, 6.07) is 0. The summed E-state index contributed by atoms with van der Waals surface area (Å²) in [5, 5.41) is 0. The molecule has 12 heavy (non-hydrogen) atoms. The second-order valence-electron chi connectivity index (χ2n) is 4.74.